The molecule has 0 bridgehead atoms. The first-order valence-corrected chi connectivity index (χ1v) is 10.2. The highest BCUT2D eigenvalue weighted by Gasteiger charge is 2.17. The van der Waals surface area contributed by atoms with Crippen LogP contribution in [-0.2, 0) is 9.53 Å². The number of carbonyl (C=O) groups is 1. The molecule has 1 aromatic rings. The fourth-order valence-electron chi connectivity index (χ4n) is 2.91. The second-order valence-corrected chi connectivity index (χ2v) is 7.65. The Balaban J connectivity index is 1.66. The number of benzene rings is 1. The van der Waals surface area contributed by atoms with Crippen LogP contribution in [0.5, 0.6) is 5.75 Å². The van der Waals surface area contributed by atoms with E-state index in [9.17, 15) is 4.79 Å². The second-order valence-electron chi connectivity index (χ2n) is 6.81. The van der Waals surface area contributed by atoms with E-state index in [2.05, 4.69) is 21.1 Å². The fourth-order valence-corrected chi connectivity index (χ4v) is 3.39. The number of nitrogens with zero attached hydrogens (tertiary/aromatic N) is 1. The van der Waals surface area contributed by atoms with Crippen molar-refractivity contribution in [2.75, 3.05) is 39.4 Å². The van der Waals surface area contributed by atoms with Crippen LogP contribution >= 0.6 is 23.8 Å². The maximum atomic E-state index is 12.2. The average Bonchev–Trinajstić information content (AvgIpc) is 2.66. The van der Waals surface area contributed by atoms with Crippen molar-refractivity contribution in [1.82, 2.24) is 21.1 Å². The first kappa shape index (κ1) is 22.7. The SMILES string of the molecule is Cc1cc(Cl)cc(C)c1O[C@@H](C)C(=O)NNC(=S)NCCCN1CCOCC1. The minimum atomic E-state index is -0.685. The molecule has 1 aliphatic rings. The zero-order valence-electron chi connectivity index (χ0n) is 16.6. The van der Waals surface area contributed by atoms with Gasteiger partial charge in [0.25, 0.3) is 5.91 Å². The van der Waals surface area contributed by atoms with Crippen LogP contribution in [0.1, 0.15) is 24.5 Å². The van der Waals surface area contributed by atoms with Gasteiger partial charge in [-0.15, -0.1) is 0 Å². The van der Waals surface area contributed by atoms with Crippen LogP contribution in [0.15, 0.2) is 12.1 Å². The van der Waals surface area contributed by atoms with E-state index >= 15 is 0 Å². The number of nitrogens with one attached hydrogen (secondary N) is 3. The van der Waals surface area contributed by atoms with Crippen molar-refractivity contribution in [2.45, 2.75) is 33.3 Å². The van der Waals surface area contributed by atoms with Crippen LogP contribution in [-0.4, -0.2) is 61.4 Å². The number of hydrazine groups is 1. The molecule has 0 unspecified atom stereocenters. The molecule has 28 heavy (non-hydrogen) atoms. The zero-order chi connectivity index (χ0) is 20.5. The van der Waals surface area contributed by atoms with Gasteiger partial charge in [-0.3, -0.25) is 20.5 Å². The Hall–Kier alpha value is -1.61. The van der Waals surface area contributed by atoms with Gasteiger partial charge in [-0.05, 0) is 69.2 Å². The van der Waals surface area contributed by atoms with E-state index in [-0.39, 0.29) is 5.91 Å². The molecule has 156 valence electrons. The van der Waals surface area contributed by atoms with Crippen LogP contribution in [0.25, 0.3) is 0 Å². The van der Waals surface area contributed by atoms with Gasteiger partial charge in [0, 0.05) is 24.7 Å². The maximum absolute atomic E-state index is 12.2. The molecule has 2 rings (SSSR count). The molecule has 1 aromatic carbocycles. The number of aryl methyl sites for hydroxylation is 2. The topological polar surface area (TPSA) is 74.9 Å². The lowest BCUT2D eigenvalue weighted by Crippen LogP contribution is -2.50. The lowest BCUT2D eigenvalue weighted by atomic mass is 10.1. The van der Waals surface area contributed by atoms with Crippen LogP contribution in [0.2, 0.25) is 5.02 Å². The Labute approximate surface area is 177 Å². The molecule has 0 radical (unpaired) electrons. The normalized spacial score (nSPS) is 15.6. The van der Waals surface area contributed by atoms with Gasteiger partial charge in [0.1, 0.15) is 5.75 Å². The number of carbonyl (C=O) groups excluding carboxylic acids is 1. The number of rotatable bonds is 7. The number of thiocarbonyl (C=S) groups is 1. The van der Waals surface area contributed by atoms with Gasteiger partial charge >= 0.3 is 0 Å². The van der Waals surface area contributed by atoms with Gasteiger partial charge in [-0.2, -0.15) is 0 Å². The lowest BCUT2D eigenvalue weighted by Gasteiger charge is -2.26. The van der Waals surface area contributed by atoms with Crippen molar-refractivity contribution < 1.29 is 14.3 Å². The van der Waals surface area contributed by atoms with Gasteiger partial charge < -0.3 is 14.8 Å². The predicted octanol–water partition coefficient (Wildman–Crippen LogP) is 1.94. The minimum absolute atomic E-state index is 0.314. The zero-order valence-corrected chi connectivity index (χ0v) is 18.2. The Morgan fingerprint density at radius 3 is 2.57 bits per heavy atom. The average molecular weight is 429 g/mol. The van der Waals surface area contributed by atoms with Gasteiger partial charge in [0.05, 0.1) is 13.2 Å². The third-order valence-corrected chi connectivity index (χ3v) is 4.89. The van der Waals surface area contributed by atoms with E-state index < -0.39 is 6.10 Å². The molecule has 1 fully saturated rings. The Morgan fingerprint density at radius 1 is 1.29 bits per heavy atom. The van der Waals surface area contributed by atoms with Gasteiger partial charge in [-0.1, -0.05) is 11.6 Å². The van der Waals surface area contributed by atoms with E-state index in [4.69, 9.17) is 33.3 Å². The Morgan fingerprint density at radius 2 is 1.93 bits per heavy atom. The summed E-state index contributed by atoms with van der Waals surface area (Å²) in [5, 5.41) is 4.10. The number of hydrogen-bond acceptors (Lipinski definition) is 5. The van der Waals surface area contributed by atoms with Crippen LogP contribution in [0.4, 0.5) is 0 Å². The highest BCUT2D eigenvalue weighted by Crippen LogP contribution is 2.27. The summed E-state index contributed by atoms with van der Waals surface area (Å²) in [7, 11) is 0. The van der Waals surface area contributed by atoms with Crippen molar-refractivity contribution in [2.24, 2.45) is 0 Å². The summed E-state index contributed by atoms with van der Waals surface area (Å²) in [4.78, 5) is 14.6. The van der Waals surface area contributed by atoms with Crippen molar-refractivity contribution in [3.63, 3.8) is 0 Å². The van der Waals surface area contributed by atoms with Crippen molar-refractivity contribution in [3.05, 3.63) is 28.3 Å². The summed E-state index contributed by atoms with van der Waals surface area (Å²) in [5.41, 5.74) is 7.05. The monoisotopic (exact) mass is 428 g/mol. The molecule has 1 heterocycles. The summed E-state index contributed by atoms with van der Waals surface area (Å²) >= 11 is 11.2. The van der Waals surface area contributed by atoms with E-state index in [1.807, 2.05) is 26.0 Å². The molecule has 7 nitrogen and oxygen atoms in total. The summed E-state index contributed by atoms with van der Waals surface area (Å²) in [6, 6.07) is 3.62. The number of morpholine rings is 1. The smallest absolute Gasteiger partial charge is 0.279 e. The maximum Gasteiger partial charge on any atom is 0.279 e. The largest absolute Gasteiger partial charge is 0.480 e. The fraction of sp³-hybridized carbons (Fsp3) is 0.579. The van der Waals surface area contributed by atoms with E-state index in [1.54, 1.807) is 6.92 Å². The number of ether oxygens (including phenoxy) is 2. The summed E-state index contributed by atoms with van der Waals surface area (Å²) in [6.45, 7) is 10.8. The number of hydrogen-bond donors (Lipinski definition) is 3. The molecule has 9 heteroatoms. The number of amides is 1. The third kappa shape index (κ3) is 7.43. The van der Waals surface area contributed by atoms with Crippen LogP contribution in [0.3, 0.4) is 0 Å². The molecule has 0 spiro atoms. The molecule has 3 N–H and O–H groups in total. The molecule has 1 aliphatic heterocycles. The molecule has 1 saturated heterocycles. The highest BCUT2D eigenvalue weighted by atomic mass is 35.5. The van der Waals surface area contributed by atoms with Crippen molar-refractivity contribution in [3.8, 4) is 5.75 Å². The summed E-state index contributed by atoms with van der Waals surface area (Å²) in [6.07, 6.45) is 0.278. The third-order valence-electron chi connectivity index (χ3n) is 4.43. The standard InChI is InChI=1S/C19H29ClN4O3S/c1-13-11-16(20)12-14(2)17(13)27-15(3)18(25)22-23-19(28)21-5-4-6-24-7-9-26-10-8-24/h11-12,15H,4-10H2,1-3H3,(H,22,25)(H2,21,23,28)/t15-/m0/s1. The lowest BCUT2D eigenvalue weighted by molar-refractivity contribution is -0.127. The van der Waals surface area contributed by atoms with Gasteiger partial charge in [-0.25, -0.2) is 0 Å². The summed E-state index contributed by atoms with van der Waals surface area (Å²) in [5.74, 6) is 0.349. The Bertz CT molecular complexity index is 660. The quantitative estimate of drug-likeness (QED) is 0.348. The first-order valence-electron chi connectivity index (χ1n) is 9.44. The first-order chi connectivity index (χ1) is 13.4. The molecule has 1 atom stereocenters. The molecular weight excluding hydrogens is 400 g/mol. The van der Waals surface area contributed by atoms with E-state index in [0.29, 0.717) is 15.9 Å². The highest BCUT2D eigenvalue weighted by molar-refractivity contribution is 7.80. The molecule has 1 amide bonds. The second kappa shape index (κ2) is 11.4. The summed E-state index contributed by atoms with van der Waals surface area (Å²) < 4.78 is 11.1. The van der Waals surface area contributed by atoms with Crippen LogP contribution in [0, 0.1) is 13.8 Å². The van der Waals surface area contributed by atoms with Gasteiger partial charge in [0.15, 0.2) is 11.2 Å². The Kier molecular flexibility index (Phi) is 9.24. The predicted molar refractivity (Wildman–Crippen MR) is 115 cm³/mol. The molecule has 0 aromatic heterocycles. The van der Waals surface area contributed by atoms with E-state index in [0.717, 1.165) is 56.9 Å². The molecule has 0 aliphatic carbocycles. The molecule has 0 saturated carbocycles. The minimum Gasteiger partial charge on any atom is -0.480 e. The van der Waals surface area contributed by atoms with Crippen molar-refractivity contribution in [1.29, 1.82) is 0 Å². The van der Waals surface area contributed by atoms with E-state index in [1.165, 1.54) is 0 Å². The van der Waals surface area contributed by atoms with Gasteiger partial charge in [0.2, 0.25) is 0 Å². The van der Waals surface area contributed by atoms with Crippen LogP contribution < -0.4 is 20.9 Å². The van der Waals surface area contributed by atoms with Crippen molar-refractivity contribution >= 4 is 34.8 Å². The molecular formula is C19H29ClN4O3S. The number of halogens is 1.